The first-order chi connectivity index (χ1) is 14.3. The Morgan fingerprint density at radius 1 is 0.483 bits per heavy atom. The highest BCUT2D eigenvalue weighted by atomic mass is 14.6. The molecule has 0 fully saturated rings. The zero-order chi connectivity index (χ0) is 21.3. The molecule has 1 nitrogen and oxygen atoms in total. The highest BCUT2D eigenvalue weighted by molar-refractivity contribution is 4.92. The van der Waals surface area contributed by atoms with Crippen molar-refractivity contribution in [2.24, 2.45) is 5.73 Å². The number of hydrogen-bond donors (Lipinski definition) is 1. The van der Waals surface area contributed by atoms with Gasteiger partial charge in [0.1, 0.15) is 0 Å². The summed E-state index contributed by atoms with van der Waals surface area (Å²) in [5.41, 5.74) is 6.27. The molecule has 1 heteroatoms. The van der Waals surface area contributed by atoms with Crippen LogP contribution >= 0.6 is 0 Å². The number of hydrogen-bond acceptors (Lipinski definition) is 1. The third kappa shape index (κ3) is 25.4. The largest absolute Gasteiger partial charge is 0.328 e. The molecule has 1 unspecified atom stereocenters. The third-order valence-corrected chi connectivity index (χ3v) is 5.95. The molecule has 0 aromatic heterocycles. The molecule has 0 radical (unpaired) electrons. The Kier molecular flexibility index (Phi) is 25.0. The molecule has 0 heterocycles. The molecule has 0 bridgehead atoms. The molecule has 1 atom stereocenters. The van der Waals surface area contributed by atoms with E-state index in [0.717, 1.165) is 6.42 Å². The molecule has 29 heavy (non-hydrogen) atoms. The van der Waals surface area contributed by atoms with Gasteiger partial charge in [-0.15, -0.1) is 0 Å². The standard InChI is InChI=1S/C28H55N/c1-3-5-7-9-11-12-13-14-15-16-17-18-19-20-21-23-25-27-28(29)26-24-22-10-8-6-4-2/h11-12,14-15,28H,3-10,13,16-27,29H2,1-2H3. The number of allylic oxidation sites excluding steroid dienone is 4. The normalized spacial score (nSPS) is 13.1. The van der Waals surface area contributed by atoms with Crippen LogP contribution in [-0.4, -0.2) is 6.04 Å². The van der Waals surface area contributed by atoms with Gasteiger partial charge in [-0.1, -0.05) is 128 Å². The topological polar surface area (TPSA) is 26.0 Å². The van der Waals surface area contributed by atoms with Crippen LogP contribution in [0.15, 0.2) is 24.3 Å². The van der Waals surface area contributed by atoms with E-state index >= 15 is 0 Å². The fraction of sp³-hybridized carbons (Fsp3) is 0.857. The van der Waals surface area contributed by atoms with Gasteiger partial charge in [-0.25, -0.2) is 0 Å². The van der Waals surface area contributed by atoms with Crippen LogP contribution < -0.4 is 5.73 Å². The zero-order valence-electron chi connectivity index (χ0n) is 20.3. The summed E-state index contributed by atoms with van der Waals surface area (Å²) in [5.74, 6) is 0. The first-order valence-electron chi connectivity index (χ1n) is 13.4. The van der Waals surface area contributed by atoms with Crippen molar-refractivity contribution in [3.8, 4) is 0 Å². The number of nitrogens with two attached hydrogens (primary N) is 1. The van der Waals surface area contributed by atoms with Crippen molar-refractivity contribution in [1.29, 1.82) is 0 Å². The lowest BCUT2D eigenvalue weighted by atomic mass is 10.0. The van der Waals surface area contributed by atoms with E-state index < -0.39 is 0 Å². The van der Waals surface area contributed by atoms with E-state index in [1.54, 1.807) is 0 Å². The highest BCUT2D eigenvalue weighted by Gasteiger charge is 2.02. The fourth-order valence-corrected chi connectivity index (χ4v) is 3.90. The predicted molar refractivity (Wildman–Crippen MR) is 135 cm³/mol. The lowest BCUT2D eigenvalue weighted by Crippen LogP contribution is -2.19. The van der Waals surface area contributed by atoms with Gasteiger partial charge in [0.15, 0.2) is 0 Å². The second-order valence-corrected chi connectivity index (χ2v) is 9.04. The summed E-state index contributed by atoms with van der Waals surface area (Å²) in [6.45, 7) is 4.55. The van der Waals surface area contributed by atoms with Gasteiger partial charge in [0.05, 0.1) is 0 Å². The molecule has 0 aromatic carbocycles. The van der Waals surface area contributed by atoms with E-state index in [9.17, 15) is 0 Å². The first kappa shape index (κ1) is 28.4. The maximum absolute atomic E-state index is 6.27. The van der Waals surface area contributed by atoms with Gasteiger partial charge in [0.25, 0.3) is 0 Å². The van der Waals surface area contributed by atoms with Gasteiger partial charge >= 0.3 is 0 Å². The van der Waals surface area contributed by atoms with Crippen molar-refractivity contribution in [3.05, 3.63) is 24.3 Å². The monoisotopic (exact) mass is 405 g/mol. The summed E-state index contributed by atoms with van der Waals surface area (Å²) in [6, 6.07) is 0.458. The van der Waals surface area contributed by atoms with Crippen LogP contribution in [0.25, 0.3) is 0 Å². The van der Waals surface area contributed by atoms with Crippen molar-refractivity contribution < 1.29 is 0 Å². The minimum atomic E-state index is 0.458. The van der Waals surface area contributed by atoms with E-state index in [0.29, 0.717) is 6.04 Å². The SMILES string of the molecule is CCCCCC=CCC=CCCCCCCCCCC(N)CCCCCCCC. The van der Waals surface area contributed by atoms with Gasteiger partial charge in [-0.3, -0.25) is 0 Å². The molecule has 0 aliphatic rings. The van der Waals surface area contributed by atoms with E-state index in [1.807, 2.05) is 0 Å². The Morgan fingerprint density at radius 3 is 1.38 bits per heavy atom. The van der Waals surface area contributed by atoms with E-state index in [4.69, 9.17) is 5.73 Å². The summed E-state index contributed by atoms with van der Waals surface area (Å²) in [6.07, 6.45) is 37.6. The molecular weight excluding hydrogens is 350 g/mol. The molecule has 0 aromatic rings. The maximum Gasteiger partial charge on any atom is 0.00388 e. The number of unbranched alkanes of at least 4 members (excludes halogenated alkanes) is 15. The summed E-state index contributed by atoms with van der Waals surface area (Å²) in [5, 5.41) is 0. The molecule has 0 saturated heterocycles. The third-order valence-electron chi connectivity index (χ3n) is 5.95. The lowest BCUT2D eigenvalue weighted by Gasteiger charge is -2.11. The second-order valence-electron chi connectivity index (χ2n) is 9.04. The van der Waals surface area contributed by atoms with Gasteiger partial charge in [0, 0.05) is 6.04 Å². The lowest BCUT2D eigenvalue weighted by molar-refractivity contribution is 0.482. The van der Waals surface area contributed by atoms with Gasteiger partial charge in [-0.05, 0) is 44.9 Å². The van der Waals surface area contributed by atoms with Crippen molar-refractivity contribution in [2.45, 2.75) is 155 Å². The van der Waals surface area contributed by atoms with Crippen molar-refractivity contribution in [3.63, 3.8) is 0 Å². The molecule has 0 saturated carbocycles. The summed E-state index contributed by atoms with van der Waals surface area (Å²) in [7, 11) is 0. The summed E-state index contributed by atoms with van der Waals surface area (Å²) < 4.78 is 0. The Balaban J connectivity index is 3.22. The molecule has 0 spiro atoms. The van der Waals surface area contributed by atoms with Crippen LogP contribution in [0, 0.1) is 0 Å². The van der Waals surface area contributed by atoms with E-state index in [1.165, 1.54) is 128 Å². The Hall–Kier alpha value is -0.560. The van der Waals surface area contributed by atoms with Crippen LogP contribution in [0.2, 0.25) is 0 Å². The molecule has 0 aliphatic carbocycles. The molecular formula is C28H55N. The fourth-order valence-electron chi connectivity index (χ4n) is 3.90. The van der Waals surface area contributed by atoms with Crippen molar-refractivity contribution in [1.82, 2.24) is 0 Å². The van der Waals surface area contributed by atoms with Crippen LogP contribution in [-0.2, 0) is 0 Å². The average Bonchev–Trinajstić information content (AvgIpc) is 2.73. The smallest absolute Gasteiger partial charge is 0.00388 e. The van der Waals surface area contributed by atoms with Gasteiger partial charge in [0.2, 0.25) is 0 Å². The van der Waals surface area contributed by atoms with Crippen LogP contribution in [0.4, 0.5) is 0 Å². The van der Waals surface area contributed by atoms with Crippen molar-refractivity contribution >= 4 is 0 Å². The van der Waals surface area contributed by atoms with Crippen LogP contribution in [0.5, 0.6) is 0 Å². The zero-order valence-corrected chi connectivity index (χ0v) is 20.3. The summed E-state index contributed by atoms with van der Waals surface area (Å²) in [4.78, 5) is 0. The maximum atomic E-state index is 6.27. The second kappa shape index (κ2) is 25.5. The quantitative estimate of drug-likeness (QED) is 0.133. The average molecular weight is 406 g/mol. The minimum absolute atomic E-state index is 0.458. The summed E-state index contributed by atoms with van der Waals surface area (Å²) >= 11 is 0. The van der Waals surface area contributed by atoms with E-state index in [2.05, 4.69) is 38.2 Å². The molecule has 0 rings (SSSR count). The predicted octanol–water partition coefficient (Wildman–Crippen LogP) is 9.66. The minimum Gasteiger partial charge on any atom is -0.328 e. The molecule has 2 N–H and O–H groups in total. The number of rotatable bonds is 23. The van der Waals surface area contributed by atoms with Crippen molar-refractivity contribution in [2.75, 3.05) is 0 Å². The highest BCUT2D eigenvalue weighted by Crippen LogP contribution is 2.14. The van der Waals surface area contributed by atoms with E-state index in [-0.39, 0.29) is 0 Å². The molecule has 0 amide bonds. The van der Waals surface area contributed by atoms with Crippen LogP contribution in [0.3, 0.4) is 0 Å². The molecule has 172 valence electrons. The Labute approximate surface area is 185 Å². The Bertz CT molecular complexity index is 344. The van der Waals surface area contributed by atoms with Gasteiger partial charge < -0.3 is 5.73 Å². The molecule has 0 aliphatic heterocycles. The van der Waals surface area contributed by atoms with Crippen LogP contribution in [0.1, 0.15) is 149 Å². The first-order valence-corrected chi connectivity index (χ1v) is 13.4. The van der Waals surface area contributed by atoms with Gasteiger partial charge in [-0.2, -0.15) is 0 Å². The Morgan fingerprint density at radius 2 is 0.862 bits per heavy atom.